The van der Waals surface area contributed by atoms with Crippen LogP contribution in [0.4, 0.5) is 10.5 Å². The maximum atomic E-state index is 12.2. The summed E-state index contributed by atoms with van der Waals surface area (Å²) in [6.45, 7) is 4.87. The summed E-state index contributed by atoms with van der Waals surface area (Å²) in [6, 6.07) is 12.1. The van der Waals surface area contributed by atoms with E-state index >= 15 is 0 Å². The first kappa shape index (κ1) is 21.0. The number of nitrogens with one attached hydrogen (secondary N) is 2. The molecule has 0 aliphatic heterocycles. The van der Waals surface area contributed by atoms with E-state index in [0.29, 0.717) is 42.0 Å². The number of ether oxygens (including phenoxy) is 3. The molecule has 0 fully saturated rings. The molecule has 0 spiro atoms. The number of urea groups is 1. The van der Waals surface area contributed by atoms with Crippen molar-refractivity contribution in [3.05, 3.63) is 48.4 Å². The number of benzene rings is 2. The van der Waals surface area contributed by atoms with Gasteiger partial charge in [-0.15, -0.1) is 0 Å². The highest BCUT2D eigenvalue weighted by Crippen LogP contribution is 2.30. The predicted molar refractivity (Wildman–Crippen MR) is 111 cm³/mol. The maximum Gasteiger partial charge on any atom is 0.319 e. The van der Waals surface area contributed by atoms with Crippen molar-refractivity contribution in [3.63, 3.8) is 0 Å². The first-order chi connectivity index (χ1) is 14.6. The molecule has 0 saturated heterocycles. The van der Waals surface area contributed by atoms with E-state index in [0.717, 1.165) is 5.56 Å². The number of amides is 2. The van der Waals surface area contributed by atoms with Crippen molar-refractivity contribution in [1.29, 1.82) is 0 Å². The topological polar surface area (TPSA) is 108 Å². The zero-order valence-corrected chi connectivity index (χ0v) is 17.1. The first-order valence-electron chi connectivity index (χ1n) is 9.54. The van der Waals surface area contributed by atoms with Crippen LogP contribution in [0.3, 0.4) is 0 Å². The van der Waals surface area contributed by atoms with Gasteiger partial charge in [0.1, 0.15) is 5.75 Å². The number of carbonyl (C=O) groups excluding carboxylic acids is 1. The summed E-state index contributed by atoms with van der Waals surface area (Å²) in [5.41, 5.74) is 1.33. The molecular formula is C21H24N4O5. The van der Waals surface area contributed by atoms with E-state index in [-0.39, 0.29) is 12.4 Å². The van der Waals surface area contributed by atoms with Crippen LogP contribution in [0.5, 0.6) is 17.2 Å². The molecule has 3 rings (SSSR count). The maximum absolute atomic E-state index is 12.2. The Kier molecular flexibility index (Phi) is 7.09. The molecule has 0 aliphatic carbocycles. The lowest BCUT2D eigenvalue weighted by Crippen LogP contribution is -2.28. The van der Waals surface area contributed by atoms with Gasteiger partial charge in [0.2, 0.25) is 11.7 Å². The number of nitrogens with zero attached hydrogens (tertiary/aromatic N) is 2. The molecule has 3 aromatic rings. The summed E-state index contributed by atoms with van der Waals surface area (Å²) in [6.07, 6.45) is 0. The molecule has 0 bridgehead atoms. The van der Waals surface area contributed by atoms with E-state index < -0.39 is 6.03 Å². The van der Waals surface area contributed by atoms with Crippen molar-refractivity contribution in [2.24, 2.45) is 0 Å². The van der Waals surface area contributed by atoms with Crippen molar-refractivity contribution in [2.45, 2.75) is 20.4 Å². The summed E-state index contributed by atoms with van der Waals surface area (Å²) in [7, 11) is 1.59. The summed E-state index contributed by atoms with van der Waals surface area (Å²) in [5, 5.41) is 9.36. The summed E-state index contributed by atoms with van der Waals surface area (Å²) in [4.78, 5) is 16.5. The third kappa shape index (κ3) is 5.40. The van der Waals surface area contributed by atoms with Crippen LogP contribution < -0.4 is 24.8 Å². The monoisotopic (exact) mass is 412 g/mol. The molecular weight excluding hydrogens is 388 g/mol. The Labute approximate surface area is 174 Å². The summed E-state index contributed by atoms with van der Waals surface area (Å²) in [5.74, 6) is 2.58. The lowest BCUT2D eigenvalue weighted by Gasteiger charge is -2.13. The molecule has 2 N–H and O–H groups in total. The van der Waals surface area contributed by atoms with Gasteiger partial charge in [-0.3, -0.25) is 0 Å². The number of aromatic nitrogens is 2. The highest BCUT2D eigenvalue weighted by Gasteiger charge is 2.12. The zero-order valence-electron chi connectivity index (χ0n) is 17.1. The molecule has 0 aliphatic rings. The fraction of sp³-hybridized carbons (Fsp3) is 0.286. The second-order valence-electron chi connectivity index (χ2n) is 6.08. The van der Waals surface area contributed by atoms with Gasteiger partial charge in [0.25, 0.3) is 0 Å². The van der Waals surface area contributed by atoms with E-state index in [9.17, 15) is 4.79 Å². The molecule has 0 radical (unpaired) electrons. The number of rotatable bonds is 9. The highest BCUT2D eigenvalue weighted by molar-refractivity contribution is 5.89. The van der Waals surface area contributed by atoms with E-state index in [1.54, 1.807) is 31.4 Å². The van der Waals surface area contributed by atoms with Crippen LogP contribution in [0, 0.1) is 0 Å². The average Bonchev–Trinajstić information content (AvgIpc) is 3.24. The van der Waals surface area contributed by atoms with Gasteiger partial charge < -0.3 is 29.4 Å². The molecule has 1 aromatic heterocycles. The number of anilines is 1. The van der Waals surface area contributed by atoms with Crippen LogP contribution in [-0.4, -0.2) is 36.5 Å². The van der Waals surface area contributed by atoms with Gasteiger partial charge in [0, 0.05) is 17.3 Å². The van der Waals surface area contributed by atoms with Crippen molar-refractivity contribution in [2.75, 3.05) is 25.6 Å². The van der Waals surface area contributed by atoms with Gasteiger partial charge in [0.05, 0.1) is 26.9 Å². The van der Waals surface area contributed by atoms with Crippen molar-refractivity contribution in [3.8, 4) is 28.6 Å². The van der Waals surface area contributed by atoms with Gasteiger partial charge in [-0.2, -0.15) is 4.98 Å². The van der Waals surface area contributed by atoms with Gasteiger partial charge in [0.15, 0.2) is 11.5 Å². The zero-order chi connectivity index (χ0) is 21.3. The lowest BCUT2D eigenvalue weighted by molar-refractivity contribution is 0.249. The Morgan fingerprint density at radius 3 is 2.63 bits per heavy atom. The van der Waals surface area contributed by atoms with Crippen LogP contribution in [-0.2, 0) is 6.54 Å². The third-order valence-corrected chi connectivity index (χ3v) is 4.00. The quantitative estimate of drug-likeness (QED) is 0.549. The Morgan fingerprint density at radius 1 is 1.07 bits per heavy atom. The minimum Gasteiger partial charge on any atom is -0.497 e. The number of hydrogen-bond acceptors (Lipinski definition) is 7. The second kappa shape index (κ2) is 10.1. The van der Waals surface area contributed by atoms with Crippen molar-refractivity contribution < 1.29 is 23.5 Å². The molecule has 0 saturated carbocycles. The number of hydrogen-bond donors (Lipinski definition) is 2. The normalized spacial score (nSPS) is 10.4. The van der Waals surface area contributed by atoms with E-state index in [1.807, 2.05) is 32.0 Å². The standard InChI is InChI=1S/C21H24N4O5/c1-4-28-17-10-9-15(12-18(17)29-5-2)23-21(26)22-13-19-24-20(25-30-19)14-7-6-8-16(11-14)27-3/h6-12H,4-5,13H2,1-3H3,(H2,22,23,26). The van der Waals surface area contributed by atoms with Gasteiger partial charge in [-0.1, -0.05) is 17.3 Å². The Morgan fingerprint density at radius 2 is 1.87 bits per heavy atom. The first-order valence-corrected chi connectivity index (χ1v) is 9.54. The van der Waals surface area contributed by atoms with Crippen molar-refractivity contribution in [1.82, 2.24) is 15.5 Å². The fourth-order valence-electron chi connectivity index (χ4n) is 2.67. The molecule has 9 heteroatoms. The molecule has 9 nitrogen and oxygen atoms in total. The van der Waals surface area contributed by atoms with Gasteiger partial charge in [-0.05, 0) is 38.1 Å². The SMILES string of the molecule is CCOc1ccc(NC(=O)NCc2nc(-c3cccc(OC)c3)no2)cc1OCC. The second-order valence-corrected chi connectivity index (χ2v) is 6.08. The third-order valence-electron chi connectivity index (χ3n) is 4.00. The Hall–Kier alpha value is -3.75. The average molecular weight is 412 g/mol. The van der Waals surface area contributed by atoms with Crippen LogP contribution in [0.25, 0.3) is 11.4 Å². The molecule has 0 unspecified atom stereocenters. The Bertz CT molecular complexity index is 989. The van der Waals surface area contributed by atoms with E-state index in [4.69, 9.17) is 18.7 Å². The number of carbonyl (C=O) groups is 1. The molecule has 0 atom stereocenters. The minimum atomic E-state index is -0.414. The van der Waals surface area contributed by atoms with Crippen LogP contribution in [0.15, 0.2) is 47.0 Å². The van der Waals surface area contributed by atoms with Gasteiger partial charge >= 0.3 is 6.03 Å². The molecule has 30 heavy (non-hydrogen) atoms. The van der Waals surface area contributed by atoms with Crippen molar-refractivity contribution >= 4 is 11.7 Å². The molecule has 2 aromatic carbocycles. The van der Waals surface area contributed by atoms with Crippen LogP contribution >= 0.6 is 0 Å². The number of methoxy groups -OCH3 is 1. The highest BCUT2D eigenvalue weighted by atomic mass is 16.5. The van der Waals surface area contributed by atoms with E-state index in [1.165, 1.54) is 0 Å². The molecule has 158 valence electrons. The Balaban J connectivity index is 1.58. The largest absolute Gasteiger partial charge is 0.497 e. The molecule has 2 amide bonds. The minimum absolute atomic E-state index is 0.0815. The smallest absolute Gasteiger partial charge is 0.319 e. The molecule has 1 heterocycles. The van der Waals surface area contributed by atoms with Crippen LogP contribution in [0.2, 0.25) is 0 Å². The van der Waals surface area contributed by atoms with Gasteiger partial charge in [-0.25, -0.2) is 4.79 Å². The fourth-order valence-corrected chi connectivity index (χ4v) is 2.67. The summed E-state index contributed by atoms with van der Waals surface area (Å²) >= 11 is 0. The lowest BCUT2D eigenvalue weighted by atomic mass is 10.2. The van der Waals surface area contributed by atoms with E-state index in [2.05, 4.69) is 20.8 Å². The van der Waals surface area contributed by atoms with Crippen LogP contribution in [0.1, 0.15) is 19.7 Å². The predicted octanol–water partition coefficient (Wildman–Crippen LogP) is 3.86. The summed E-state index contributed by atoms with van der Waals surface area (Å²) < 4.78 is 21.5.